The number of anilines is 2. The van der Waals surface area contributed by atoms with E-state index < -0.39 is 0 Å². The Morgan fingerprint density at radius 2 is 1.82 bits per heavy atom. The number of piperidine rings is 1. The molecule has 0 aliphatic carbocycles. The zero-order chi connectivity index (χ0) is 26.2. The van der Waals surface area contributed by atoms with Crippen LogP contribution in [0.3, 0.4) is 0 Å². The maximum absolute atomic E-state index is 13.5. The molecule has 2 aromatic carbocycles. The first-order valence-electron chi connectivity index (χ1n) is 12.9. The van der Waals surface area contributed by atoms with E-state index in [1.165, 1.54) is 25.0 Å². The monoisotopic (exact) mass is 546 g/mol. The molecule has 8 heteroatoms. The first-order chi connectivity index (χ1) is 18.5. The van der Waals surface area contributed by atoms with Crippen molar-refractivity contribution in [2.45, 2.75) is 31.8 Å². The largest absolute Gasteiger partial charge is 0.459 e. The number of benzene rings is 2. The molecule has 38 heavy (non-hydrogen) atoms. The van der Waals surface area contributed by atoms with Gasteiger partial charge in [0.15, 0.2) is 5.11 Å². The van der Waals surface area contributed by atoms with Crippen LogP contribution in [0.2, 0.25) is 5.02 Å². The maximum Gasteiger partial charge on any atom is 0.174 e. The molecule has 0 saturated carbocycles. The van der Waals surface area contributed by atoms with E-state index in [0.717, 1.165) is 47.4 Å². The van der Waals surface area contributed by atoms with Gasteiger partial charge in [0.05, 0.1) is 22.4 Å². The predicted octanol–water partition coefficient (Wildman–Crippen LogP) is 7.55. The van der Waals surface area contributed by atoms with Crippen molar-refractivity contribution in [3.8, 4) is 11.3 Å². The number of aromatic nitrogens is 1. The molecule has 0 amide bonds. The molecule has 2 saturated heterocycles. The third kappa shape index (κ3) is 4.76. The summed E-state index contributed by atoms with van der Waals surface area (Å²) in [5.74, 6) is 1.84. The third-order valence-corrected chi connectivity index (χ3v) is 8.10. The molecule has 4 heterocycles. The van der Waals surface area contributed by atoms with Crippen molar-refractivity contribution in [2.24, 2.45) is 5.92 Å². The van der Waals surface area contributed by atoms with Crippen LogP contribution in [-0.4, -0.2) is 23.2 Å². The van der Waals surface area contributed by atoms with Crippen LogP contribution >= 0.6 is 23.8 Å². The smallest absolute Gasteiger partial charge is 0.174 e. The van der Waals surface area contributed by atoms with E-state index in [1.807, 2.05) is 36.4 Å². The zero-order valence-corrected chi connectivity index (χ0v) is 22.6. The third-order valence-electron chi connectivity index (χ3n) is 7.48. The van der Waals surface area contributed by atoms with Crippen molar-refractivity contribution in [1.82, 2.24) is 10.3 Å². The standard InChI is InChI=1S/C30H28ClFN4OS/c1-19-13-16-35(17-14-19)25-10-9-22(18-23(25)31)36-29(28(34-30(36)38)24-4-2-3-15-33-24)27-12-11-26(37-27)20-5-7-21(32)8-6-20/h2-12,15,18-19,28-29H,13-14,16-17H2,1H3,(H,34,38). The molecular formula is C30H28ClFN4OS. The molecule has 5 nitrogen and oxygen atoms in total. The Balaban J connectivity index is 1.37. The Morgan fingerprint density at radius 1 is 1.03 bits per heavy atom. The summed E-state index contributed by atoms with van der Waals surface area (Å²) >= 11 is 12.7. The summed E-state index contributed by atoms with van der Waals surface area (Å²) in [6.07, 6.45) is 4.11. The Bertz CT molecular complexity index is 1440. The minimum atomic E-state index is -0.302. The van der Waals surface area contributed by atoms with Gasteiger partial charge in [0, 0.05) is 30.5 Å². The molecule has 4 aromatic rings. The van der Waals surface area contributed by atoms with E-state index in [1.54, 1.807) is 18.3 Å². The second-order valence-electron chi connectivity index (χ2n) is 10.0. The number of halogens is 2. The van der Waals surface area contributed by atoms with Gasteiger partial charge in [-0.3, -0.25) is 4.98 Å². The number of thiocarbonyl (C=S) groups is 1. The van der Waals surface area contributed by atoms with Crippen LogP contribution < -0.4 is 15.1 Å². The van der Waals surface area contributed by atoms with E-state index in [-0.39, 0.29) is 17.9 Å². The molecule has 2 aliphatic rings. The number of pyridine rings is 1. The highest BCUT2D eigenvalue weighted by molar-refractivity contribution is 7.80. The highest BCUT2D eigenvalue weighted by Crippen LogP contribution is 2.44. The molecule has 0 radical (unpaired) electrons. The lowest BCUT2D eigenvalue weighted by Crippen LogP contribution is -2.33. The lowest BCUT2D eigenvalue weighted by atomic mass is 9.98. The molecule has 194 valence electrons. The highest BCUT2D eigenvalue weighted by Gasteiger charge is 2.42. The molecule has 2 fully saturated rings. The molecule has 2 atom stereocenters. The van der Waals surface area contributed by atoms with Gasteiger partial charge in [-0.05, 0) is 97.7 Å². The fourth-order valence-electron chi connectivity index (χ4n) is 5.35. The van der Waals surface area contributed by atoms with Gasteiger partial charge < -0.3 is 19.5 Å². The van der Waals surface area contributed by atoms with Gasteiger partial charge in [-0.1, -0.05) is 24.6 Å². The van der Waals surface area contributed by atoms with Gasteiger partial charge in [-0.2, -0.15) is 0 Å². The molecule has 6 rings (SSSR count). The SMILES string of the molecule is CC1CCN(c2ccc(N3C(=S)NC(c4ccccn4)C3c3ccc(-c4ccc(F)cc4)o3)cc2Cl)CC1. The molecule has 0 bridgehead atoms. The molecule has 2 unspecified atom stereocenters. The van der Waals surface area contributed by atoms with Crippen molar-refractivity contribution in [3.63, 3.8) is 0 Å². The van der Waals surface area contributed by atoms with Crippen molar-refractivity contribution in [1.29, 1.82) is 0 Å². The fourth-order valence-corrected chi connectivity index (χ4v) is 5.99. The van der Waals surface area contributed by atoms with E-state index in [2.05, 4.69) is 39.2 Å². The normalized spacial score (nSPS) is 20.1. The van der Waals surface area contributed by atoms with Gasteiger partial charge >= 0.3 is 0 Å². The Labute approximate surface area is 232 Å². The summed E-state index contributed by atoms with van der Waals surface area (Å²) in [6, 6.07) is 21.6. The van der Waals surface area contributed by atoms with Crippen LogP contribution in [0.5, 0.6) is 0 Å². The van der Waals surface area contributed by atoms with Gasteiger partial charge in [0.1, 0.15) is 23.4 Å². The van der Waals surface area contributed by atoms with Gasteiger partial charge in [0.25, 0.3) is 0 Å². The van der Waals surface area contributed by atoms with Crippen LogP contribution in [0.4, 0.5) is 15.8 Å². The van der Waals surface area contributed by atoms with Gasteiger partial charge in [-0.25, -0.2) is 4.39 Å². The van der Waals surface area contributed by atoms with Gasteiger partial charge in [-0.15, -0.1) is 0 Å². The molecule has 2 aromatic heterocycles. The van der Waals surface area contributed by atoms with Crippen molar-refractivity contribution < 1.29 is 8.81 Å². The highest BCUT2D eigenvalue weighted by atomic mass is 35.5. The van der Waals surface area contributed by atoms with Crippen LogP contribution in [0.25, 0.3) is 11.3 Å². The topological polar surface area (TPSA) is 44.5 Å². The Hall–Kier alpha value is -3.42. The molecule has 1 N–H and O–H groups in total. The maximum atomic E-state index is 13.5. The lowest BCUT2D eigenvalue weighted by Gasteiger charge is -2.33. The van der Waals surface area contributed by atoms with Crippen LogP contribution in [0, 0.1) is 11.7 Å². The van der Waals surface area contributed by atoms with Crippen molar-refractivity contribution in [2.75, 3.05) is 22.9 Å². The minimum absolute atomic E-state index is 0.238. The summed E-state index contributed by atoms with van der Waals surface area (Å²) < 4.78 is 19.9. The van der Waals surface area contributed by atoms with E-state index in [4.69, 9.17) is 28.2 Å². The Kier molecular flexibility index (Phi) is 6.80. The average molecular weight is 547 g/mol. The first kappa shape index (κ1) is 24.9. The second-order valence-corrected chi connectivity index (χ2v) is 10.8. The van der Waals surface area contributed by atoms with Crippen LogP contribution in [0.1, 0.15) is 43.3 Å². The summed E-state index contributed by atoms with van der Waals surface area (Å²) in [5, 5.41) is 4.73. The van der Waals surface area contributed by atoms with Crippen molar-refractivity contribution in [3.05, 3.63) is 101 Å². The number of nitrogens with zero attached hydrogens (tertiary/aromatic N) is 3. The zero-order valence-electron chi connectivity index (χ0n) is 21.0. The number of nitrogens with one attached hydrogen (secondary N) is 1. The number of furan rings is 1. The quantitative estimate of drug-likeness (QED) is 0.261. The van der Waals surface area contributed by atoms with Crippen LogP contribution in [0.15, 0.2) is 83.4 Å². The van der Waals surface area contributed by atoms with Gasteiger partial charge in [0.2, 0.25) is 0 Å². The predicted molar refractivity (Wildman–Crippen MR) is 154 cm³/mol. The Morgan fingerprint density at radius 3 is 2.53 bits per heavy atom. The average Bonchev–Trinajstić information content (AvgIpc) is 3.55. The van der Waals surface area contributed by atoms with Crippen LogP contribution in [-0.2, 0) is 0 Å². The second kappa shape index (κ2) is 10.4. The summed E-state index contributed by atoms with van der Waals surface area (Å²) in [4.78, 5) is 9.02. The number of hydrogen-bond donors (Lipinski definition) is 1. The molecule has 2 aliphatic heterocycles. The van der Waals surface area contributed by atoms with E-state index >= 15 is 0 Å². The fraction of sp³-hybridized carbons (Fsp3) is 0.267. The number of rotatable bonds is 5. The minimum Gasteiger partial charge on any atom is -0.459 e. The summed E-state index contributed by atoms with van der Waals surface area (Å²) in [5.41, 5.74) is 3.59. The summed E-state index contributed by atoms with van der Waals surface area (Å²) in [7, 11) is 0. The van der Waals surface area contributed by atoms with Crippen molar-refractivity contribution >= 4 is 40.3 Å². The molecular weight excluding hydrogens is 519 g/mol. The van der Waals surface area contributed by atoms with E-state index in [9.17, 15) is 4.39 Å². The number of hydrogen-bond acceptors (Lipinski definition) is 4. The molecule has 0 spiro atoms. The summed E-state index contributed by atoms with van der Waals surface area (Å²) in [6.45, 7) is 4.32. The first-order valence-corrected chi connectivity index (χ1v) is 13.7. The van der Waals surface area contributed by atoms with E-state index in [0.29, 0.717) is 15.9 Å². The lowest BCUT2D eigenvalue weighted by molar-refractivity contribution is 0.438.